The van der Waals surface area contributed by atoms with E-state index in [-0.39, 0.29) is 0 Å². The van der Waals surface area contributed by atoms with Gasteiger partial charge in [0.2, 0.25) is 0 Å². The standard InChI is InChI=1S/C11H9BrClN3/c12-11-8(13)2-1-3-9(11)16-10-6-7(14)4-5-15-10/h1-6H,(H3,14,15,16). The Morgan fingerprint density at radius 1 is 1.31 bits per heavy atom. The second kappa shape index (κ2) is 4.72. The maximum absolute atomic E-state index is 5.98. The van der Waals surface area contributed by atoms with E-state index in [9.17, 15) is 0 Å². The third kappa shape index (κ3) is 2.46. The molecule has 0 bridgehead atoms. The van der Waals surface area contributed by atoms with Gasteiger partial charge in [-0.3, -0.25) is 0 Å². The van der Waals surface area contributed by atoms with Crippen LogP contribution in [0.15, 0.2) is 41.0 Å². The first-order valence-electron chi connectivity index (χ1n) is 4.59. The van der Waals surface area contributed by atoms with Crippen LogP contribution >= 0.6 is 27.5 Å². The lowest BCUT2D eigenvalue weighted by Crippen LogP contribution is -1.95. The van der Waals surface area contributed by atoms with Crippen molar-refractivity contribution >= 4 is 44.7 Å². The van der Waals surface area contributed by atoms with E-state index in [4.69, 9.17) is 17.3 Å². The zero-order chi connectivity index (χ0) is 11.5. The summed E-state index contributed by atoms with van der Waals surface area (Å²) in [5, 5.41) is 3.78. The number of benzene rings is 1. The number of pyridine rings is 1. The zero-order valence-electron chi connectivity index (χ0n) is 8.24. The van der Waals surface area contributed by atoms with Crippen LogP contribution in [0.25, 0.3) is 0 Å². The Balaban J connectivity index is 2.31. The van der Waals surface area contributed by atoms with Crippen molar-refractivity contribution in [2.75, 3.05) is 11.1 Å². The molecule has 0 radical (unpaired) electrons. The van der Waals surface area contributed by atoms with Crippen LogP contribution in [-0.2, 0) is 0 Å². The van der Waals surface area contributed by atoms with Gasteiger partial charge in [-0.1, -0.05) is 17.7 Å². The van der Waals surface area contributed by atoms with Crippen molar-refractivity contribution in [3.63, 3.8) is 0 Å². The highest BCUT2D eigenvalue weighted by Gasteiger charge is 2.04. The zero-order valence-corrected chi connectivity index (χ0v) is 10.6. The summed E-state index contributed by atoms with van der Waals surface area (Å²) >= 11 is 9.38. The van der Waals surface area contributed by atoms with Gasteiger partial charge >= 0.3 is 0 Å². The van der Waals surface area contributed by atoms with Gasteiger partial charge in [0.25, 0.3) is 0 Å². The maximum atomic E-state index is 5.98. The fraction of sp³-hybridized carbons (Fsp3) is 0. The van der Waals surface area contributed by atoms with E-state index in [1.807, 2.05) is 18.2 Å². The Labute approximate surface area is 107 Å². The molecule has 0 saturated carbocycles. The highest BCUT2D eigenvalue weighted by Crippen LogP contribution is 2.31. The fourth-order valence-electron chi connectivity index (χ4n) is 1.25. The van der Waals surface area contributed by atoms with Crippen molar-refractivity contribution in [2.24, 2.45) is 0 Å². The maximum Gasteiger partial charge on any atom is 0.132 e. The number of nitrogens with two attached hydrogens (primary N) is 1. The van der Waals surface area contributed by atoms with Crippen molar-refractivity contribution in [3.8, 4) is 0 Å². The molecule has 0 amide bonds. The molecule has 0 aliphatic rings. The lowest BCUT2D eigenvalue weighted by atomic mass is 10.3. The number of aromatic nitrogens is 1. The molecular weight excluding hydrogens is 289 g/mol. The summed E-state index contributed by atoms with van der Waals surface area (Å²) < 4.78 is 0.806. The Kier molecular flexibility index (Phi) is 3.31. The molecule has 0 fully saturated rings. The predicted octanol–water partition coefficient (Wildman–Crippen LogP) is 3.82. The largest absolute Gasteiger partial charge is 0.399 e. The van der Waals surface area contributed by atoms with Crippen molar-refractivity contribution in [1.29, 1.82) is 0 Å². The van der Waals surface area contributed by atoms with E-state index in [2.05, 4.69) is 26.2 Å². The predicted molar refractivity (Wildman–Crippen MR) is 71.1 cm³/mol. The van der Waals surface area contributed by atoms with Crippen LogP contribution in [0.5, 0.6) is 0 Å². The van der Waals surface area contributed by atoms with Crippen LogP contribution in [0, 0.1) is 0 Å². The highest BCUT2D eigenvalue weighted by atomic mass is 79.9. The number of nitrogens with zero attached hydrogens (tertiary/aromatic N) is 1. The van der Waals surface area contributed by atoms with Gasteiger partial charge < -0.3 is 11.1 Å². The Bertz CT molecular complexity index is 516. The molecule has 0 aliphatic heterocycles. The number of hydrogen-bond donors (Lipinski definition) is 2. The molecule has 1 aromatic heterocycles. The number of nitrogen functional groups attached to an aromatic ring is 1. The summed E-state index contributed by atoms with van der Waals surface area (Å²) in [5.41, 5.74) is 7.18. The first-order valence-corrected chi connectivity index (χ1v) is 5.76. The number of hydrogen-bond acceptors (Lipinski definition) is 3. The molecule has 3 N–H and O–H groups in total. The molecule has 0 unspecified atom stereocenters. The van der Waals surface area contributed by atoms with Crippen molar-refractivity contribution in [2.45, 2.75) is 0 Å². The second-order valence-corrected chi connectivity index (χ2v) is 4.40. The van der Waals surface area contributed by atoms with Gasteiger partial charge in [0.15, 0.2) is 0 Å². The Morgan fingerprint density at radius 3 is 2.88 bits per heavy atom. The summed E-state index contributed by atoms with van der Waals surface area (Å²) in [4.78, 5) is 4.15. The summed E-state index contributed by atoms with van der Waals surface area (Å²) in [5.74, 6) is 0.683. The molecule has 5 heteroatoms. The number of halogens is 2. The van der Waals surface area contributed by atoms with Gasteiger partial charge in [-0.2, -0.15) is 0 Å². The van der Waals surface area contributed by atoms with Gasteiger partial charge in [0.1, 0.15) is 5.82 Å². The molecule has 0 atom stereocenters. The van der Waals surface area contributed by atoms with Crippen molar-refractivity contribution < 1.29 is 0 Å². The fourth-order valence-corrected chi connectivity index (χ4v) is 1.79. The molecule has 1 aromatic carbocycles. The summed E-state index contributed by atoms with van der Waals surface area (Å²) in [6, 6.07) is 9.07. The van der Waals surface area contributed by atoms with Gasteiger partial charge in [0.05, 0.1) is 15.2 Å². The average molecular weight is 299 g/mol. The van der Waals surface area contributed by atoms with Gasteiger partial charge in [0, 0.05) is 18.0 Å². The molecule has 1 heterocycles. The van der Waals surface area contributed by atoms with Crippen molar-refractivity contribution in [1.82, 2.24) is 4.98 Å². The Hall–Kier alpha value is -1.26. The van der Waals surface area contributed by atoms with Crippen molar-refractivity contribution in [3.05, 3.63) is 46.0 Å². The first-order chi connectivity index (χ1) is 7.66. The van der Waals surface area contributed by atoms with Crippen LogP contribution in [0.4, 0.5) is 17.2 Å². The summed E-state index contributed by atoms with van der Waals surface area (Å²) in [7, 11) is 0. The van der Waals surface area contributed by atoms with E-state index in [1.54, 1.807) is 18.3 Å². The quantitative estimate of drug-likeness (QED) is 0.886. The molecule has 16 heavy (non-hydrogen) atoms. The van der Waals surface area contributed by atoms with Crippen LogP contribution in [0.1, 0.15) is 0 Å². The third-order valence-electron chi connectivity index (χ3n) is 2.00. The highest BCUT2D eigenvalue weighted by molar-refractivity contribution is 9.10. The van der Waals surface area contributed by atoms with Crippen LogP contribution in [0.2, 0.25) is 5.02 Å². The van der Waals surface area contributed by atoms with Crippen LogP contribution < -0.4 is 11.1 Å². The SMILES string of the molecule is Nc1ccnc(Nc2cccc(Cl)c2Br)c1. The minimum Gasteiger partial charge on any atom is -0.399 e. The smallest absolute Gasteiger partial charge is 0.132 e. The second-order valence-electron chi connectivity index (χ2n) is 3.20. The number of nitrogens with one attached hydrogen (secondary N) is 1. The Morgan fingerprint density at radius 2 is 2.12 bits per heavy atom. The van der Waals surface area contributed by atoms with Gasteiger partial charge in [-0.25, -0.2) is 4.98 Å². The first kappa shape index (κ1) is 11.2. The number of anilines is 3. The van der Waals surface area contributed by atoms with E-state index < -0.39 is 0 Å². The van der Waals surface area contributed by atoms with Gasteiger partial charge in [-0.15, -0.1) is 0 Å². The molecule has 0 spiro atoms. The molecule has 2 rings (SSSR count). The van der Waals surface area contributed by atoms with E-state index >= 15 is 0 Å². The lowest BCUT2D eigenvalue weighted by Gasteiger charge is -2.08. The van der Waals surface area contributed by atoms with E-state index in [0.717, 1.165) is 10.2 Å². The topological polar surface area (TPSA) is 50.9 Å². The van der Waals surface area contributed by atoms with Gasteiger partial charge in [-0.05, 0) is 34.1 Å². The third-order valence-corrected chi connectivity index (χ3v) is 3.40. The minimum atomic E-state index is 0.647. The molecular formula is C11H9BrClN3. The molecule has 82 valence electrons. The summed E-state index contributed by atoms with van der Waals surface area (Å²) in [6.45, 7) is 0. The molecule has 2 aromatic rings. The number of rotatable bonds is 2. The lowest BCUT2D eigenvalue weighted by molar-refractivity contribution is 1.31. The summed E-state index contributed by atoms with van der Waals surface area (Å²) in [6.07, 6.45) is 1.65. The normalized spacial score (nSPS) is 10.1. The monoisotopic (exact) mass is 297 g/mol. The average Bonchev–Trinajstić information content (AvgIpc) is 2.25. The van der Waals surface area contributed by atoms with E-state index in [0.29, 0.717) is 16.5 Å². The minimum absolute atomic E-state index is 0.647. The van der Waals surface area contributed by atoms with Crippen LogP contribution in [0.3, 0.4) is 0 Å². The van der Waals surface area contributed by atoms with Crippen LogP contribution in [-0.4, -0.2) is 4.98 Å². The molecule has 0 saturated heterocycles. The van der Waals surface area contributed by atoms with E-state index in [1.165, 1.54) is 0 Å². The molecule has 0 aliphatic carbocycles. The molecule has 3 nitrogen and oxygen atoms in total.